The van der Waals surface area contributed by atoms with Crippen molar-refractivity contribution >= 4 is 56.5 Å². The number of aliphatic imine (C=N–C) groups is 1. The molecule has 2 aromatic carbocycles. The summed E-state index contributed by atoms with van der Waals surface area (Å²) in [5.74, 6) is -0.258. The van der Waals surface area contributed by atoms with Crippen LogP contribution in [0, 0.1) is 5.82 Å². The Kier molecular flexibility index (Phi) is 8.51. The van der Waals surface area contributed by atoms with Gasteiger partial charge in [-0.1, -0.05) is 15.9 Å². The van der Waals surface area contributed by atoms with Gasteiger partial charge in [0, 0.05) is 11.0 Å². The highest BCUT2D eigenvalue weighted by Crippen LogP contribution is 2.38. The molecule has 1 heterocycles. The number of carbonyl (C=O) groups excluding carboxylic acids is 2. The second-order valence-electron chi connectivity index (χ2n) is 6.65. The van der Waals surface area contributed by atoms with Crippen molar-refractivity contribution in [3.63, 3.8) is 0 Å². The number of nitrogens with zero attached hydrogens (tertiary/aromatic N) is 2. The lowest BCUT2D eigenvalue weighted by Gasteiger charge is -2.13. The van der Waals surface area contributed by atoms with E-state index in [1.54, 1.807) is 42.2 Å². The molecular weight excluding hydrogens is 515 g/mol. The molecule has 1 fully saturated rings. The molecule has 0 spiro atoms. The SMILES string of the molecule is CCOC(=O)COc1cc(Br)c(/C=C2/SC(=Nc3ccc(F)cc3)N(CC)C2=O)cc1OC. The topological polar surface area (TPSA) is 77.4 Å². The van der Waals surface area contributed by atoms with Crippen molar-refractivity contribution in [1.29, 1.82) is 0 Å². The van der Waals surface area contributed by atoms with Crippen LogP contribution in [0.15, 0.2) is 50.8 Å². The Morgan fingerprint density at radius 2 is 1.94 bits per heavy atom. The number of hydrogen-bond acceptors (Lipinski definition) is 7. The normalized spacial score (nSPS) is 15.9. The molecule has 0 aliphatic carbocycles. The molecule has 10 heteroatoms. The molecule has 0 radical (unpaired) electrons. The van der Waals surface area contributed by atoms with Crippen molar-refractivity contribution in [1.82, 2.24) is 4.90 Å². The average molecular weight is 537 g/mol. The second-order valence-corrected chi connectivity index (χ2v) is 8.51. The fraction of sp³-hybridized carbons (Fsp3) is 0.261. The molecule has 0 atom stereocenters. The Morgan fingerprint density at radius 3 is 2.58 bits per heavy atom. The number of thioether (sulfide) groups is 1. The summed E-state index contributed by atoms with van der Waals surface area (Å²) < 4.78 is 29.6. The van der Waals surface area contributed by atoms with Gasteiger partial charge in [0.05, 0.1) is 24.3 Å². The van der Waals surface area contributed by atoms with Crippen LogP contribution in [0.25, 0.3) is 6.08 Å². The van der Waals surface area contributed by atoms with Crippen molar-refractivity contribution in [2.24, 2.45) is 4.99 Å². The fourth-order valence-electron chi connectivity index (χ4n) is 2.91. The number of amides is 1. The number of halogens is 2. The van der Waals surface area contributed by atoms with E-state index in [9.17, 15) is 14.0 Å². The van der Waals surface area contributed by atoms with E-state index >= 15 is 0 Å². The summed E-state index contributed by atoms with van der Waals surface area (Å²) in [5, 5.41) is 0.512. The summed E-state index contributed by atoms with van der Waals surface area (Å²) in [6, 6.07) is 9.13. The van der Waals surface area contributed by atoms with E-state index in [-0.39, 0.29) is 24.9 Å². The molecule has 2 aromatic rings. The standard InChI is InChI=1S/C23H22BrFN2O5S/c1-4-27-22(29)20(33-23(27)26-16-8-6-15(25)7-9-16)11-14-10-18(30-3)19(12-17(14)24)32-13-21(28)31-5-2/h6-12H,4-5,13H2,1-3H3/b20-11+,26-23?. The summed E-state index contributed by atoms with van der Waals surface area (Å²) in [6.07, 6.45) is 1.73. The molecule has 33 heavy (non-hydrogen) atoms. The zero-order valence-corrected chi connectivity index (χ0v) is 20.7. The number of carbonyl (C=O) groups is 2. The van der Waals surface area contributed by atoms with Crippen LogP contribution in [0.4, 0.5) is 10.1 Å². The number of ether oxygens (including phenoxy) is 3. The summed E-state index contributed by atoms with van der Waals surface area (Å²) in [5.41, 5.74) is 1.24. The fourth-order valence-corrected chi connectivity index (χ4v) is 4.40. The highest BCUT2D eigenvalue weighted by atomic mass is 79.9. The van der Waals surface area contributed by atoms with Crippen molar-refractivity contribution < 1.29 is 28.2 Å². The number of methoxy groups -OCH3 is 1. The summed E-state index contributed by atoms with van der Waals surface area (Å²) >= 11 is 4.72. The third-order valence-corrected chi connectivity index (χ3v) is 6.17. The Balaban J connectivity index is 1.87. The van der Waals surface area contributed by atoms with Crippen LogP contribution in [0.1, 0.15) is 19.4 Å². The number of rotatable bonds is 8. The first-order valence-electron chi connectivity index (χ1n) is 10.1. The lowest BCUT2D eigenvalue weighted by molar-refractivity contribution is -0.145. The second kappa shape index (κ2) is 11.3. The first-order valence-corrected chi connectivity index (χ1v) is 11.7. The average Bonchev–Trinajstić information content (AvgIpc) is 3.09. The summed E-state index contributed by atoms with van der Waals surface area (Å²) in [6.45, 7) is 4.03. The van der Waals surface area contributed by atoms with Crippen LogP contribution in [0.3, 0.4) is 0 Å². The lowest BCUT2D eigenvalue weighted by atomic mass is 10.2. The van der Waals surface area contributed by atoms with Gasteiger partial charge in [-0.25, -0.2) is 14.2 Å². The van der Waals surface area contributed by atoms with Gasteiger partial charge < -0.3 is 14.2 Å². The third kappa shape index (κ3) is 6.14. The smallest absolute Gasteiger partial charge is 0.344 e. The van der Waals surface area contributed by atoms with Crippen LogP contribution < -0.4 is 9.47 Å². The predicted octanol–water partition coefficient (Wildman–Crippen LogP) is 5.16. The quantitative estimate of drug-likeness (QED) is 0.342. The van der Waals surface area contributed by atoms with Crippen molar-refractivity contribution in [3.05, 3.63) is 57.2 Å². The van der Waals surface area contributed by atoms with Gasteiger partial charge in [-0.2, -0.15) is 0 Å². The number of benzene rings is 2. The molecule has 1 aliphatic heterocycles. The maximum atomic E-state index is 13.2. The van der Waals surface area contributed by atoms with Crippen LogP contribution in [0.2, 0.25) is 0 Å². The molecule has 0 bridgehead atoms. The highest BCUT2D eigenvalue weighted by molar-refractivity contribution is 9.10. The van der Waals surface area contributed by atoms with Crippen molar-refractivity contribution in [2.45, 2.75) is 13.8 Å². The van der Waals surface area contributed by atoms with Crippen LogP contribution >= 0.6 is 27.7 Å². The van der Waals surface area contributed by atoms with E-state index in [2.05, 4.69) is 20.9 Å². The summed E-state index contributed by atoms with van der Waals surface area (Å²) in [4.78, 5) is 31.1. The maximum Gasteiger partial charge on any atom is 0.344 e. The predicted molar refractivity (Wildman–Crippen MR) is 129 cm³/mol. The first-order chi connectivity index (χ1) is 15.9. The van der Waals surface area contributed by atoms with Crippen LogP contribution in [-0.2, 0) is 14.3 Å². The first kappa shape index (κ1) is 24.8. The molecule has 174 valence electrons. The van der Waals surface area contributed by atoms with E-state index in [1.807, 2.05) is 6.92 Å². The van der Waals surface area contributed by atoms with Gasteiger partial charge in [-0.15, -0.1) is 0 Å². The minimum absolute atomic E-state index is 0.183. The lowest BCUT2D eigenvalue weighted by Crippen LogP contribution is -2.28. The maximum absolute atomic E-state index is 13.2. The third-order valence-electron chi connectivity index (χ3n) is 4.48. The molecular formula is C23H22BrFN2O5S. The van der Waals surface area contributed by atoms with Crippen molar-refractivity contribution in [3.8, 4) is 11.5 Å². The molecule has 0 aromatic heterocycles. The largest absolute Gasteiger partial charge is 0.493 e. The zero-order chi connectivity index (χ0) is 24.0. The number of amidine groups is 1. The molecule has 1 saturated heterocycles. The monoisotopic (exact) mass is 536 g/mol. The minimum Gasteiger partial charge on any atom is -0.493 e. The van der Waals surface area contributed by atoms with E-state index in [1.165, 1.54) is 31.0 Å². The molecule has 7 nitrogen and oxygen atoms in total. The highest BCUT2D eigenvalue weighted by Gasteiger charge is 2.32. The Hall–Kier alpha value is -2.85. The van der Waals surface area contributed by atoms with Gasteiger partial charge in [-0.3, -0.25) is 9.69 Å². The van der Waals surface area contributed by atoms with Gasteiger partial charge in [0.25, 0.3) is 5.91 Å². The number of hydrogen-bond donors (Lipinski definition) is 0. The van der Waals surface area contributed by atoms with Gasteiger partial charge >= 0.3 is 5.97 Å². The zero-order valence-electron chi connectivity index (χ0n) is 18.3. The van der Waals surface area contributed by atoms with Gasteiger partial charge in [0.2, 0.25) is 0 Å². The van der Waals surface area contributed by atoms with Crippen LogP contribution in [-0.4, -0.2) is 48.8 Å². The van der Waals surface area contributed by atoms with Gasteiger partial charge in [0.15, 0.2) is 23.3 Å². The molecule has 0 N–H and O–H groups in total. The number of likely N-dealkylation sites (N-methyl/N-ethyl adjacent to an activating group) is 1. The molecule has 1 aliphatic rings. The van der Waals surface area contributed by atoms with E-state index in [4.69, 9.17) is 14.2 Å². The van der Waals surface area contributed by atoms with E-state index in [0.717, 1.165) is 0 Å². The minimum atomic E-state index is -0.484. The molecule has 1 amide bonds. The van der Waals surface area contributed by atoms with E-state index in [0.29, 0.717) is 43.8 Å². The van der Waals surface area contributed by atoms with E-state index < -0.39 is 5.97 Å². The number of esters is 1. The Bertz CT molecular complexity index is 1100. The van der Waals surface area contributed by atoms with Crippen LogP contribution in [0.5, 0.6) is 11.5 Å². The van der Waals surface area contributed by atoms with Gasteiger partial charge in [-0.05, 0) is 73.6 Å². The molecule has 3 rings (SSSR count). The summed E-state index contributed by atoms with van der Waals surface area (Å²) in [7, 11) is 1.49. The molecule has 0 unspecified atom stereocenters. The van der Waals surface area contributed by atoms with Crippen molar-refractivity contribution in [2.75, 3.05) is 26.9 Å². The Morgan fingerprint density at radius 1 is 1.21 bits per heavy atom. The van der Waals surface area contributed by atoms with Gasteiger partial charge in [0.1, 0.15) is 5.82 Å². The molecule has 0 saturated carbocycles. The Labute approximate surface area is 203 Å².